The van der Waals surface area contributed by atoms with Crippen LogP contribution in [0.2, 0.25) is 29.7 Å². The summed E-state index contributed by atoms with van der Waals surface area (Å²) in [4.78, 5) is 26.1. The molecule has 3 aromatic rings. The maximum absolute atomic E-state index is 13.4. The average molecular weight is 633 g/mol. The minimum Gasteiger partial charge on any atom is -0.326 e. The summed E-state index contributed by atoms with van der Waals surface area (Å²) in [7, 11) is -1.59. The van der Waals surface area contributed by atoms with Gasteiger partial charge in [-0.1, -0.05) is 54.8 Å². The number of amides is 2. The highest BCUT2D eigenvalue weighted by Crippen LogP contribution is 2.65. The van der Waals surface area contributed by atoms with Gasteiger partial charge in [-0.15, -0.1) is 28.7 Å². The minimum absolute atomic E-state index is 0.0323. The molecule has 0 aliphatic heterocycles. The van der Waals surface area contributed by atoms with Crippen molar-refractivity contribution in [2.45, 2.75) is 29.9 Å². The summed E-state index contributed by atoms with van der Waals surface area (Å²) in [6.45, 7) is 6.41. The largest absolute Gasteiger partial charge is 0.326 e. The third-order valence-electron chi connectivity index (χ3n) is 6.09. The van der Waals surface area contributed by atoms with Crippen LogP contribution in [-0.4, -0.2) is 24.2 Å². The Morgan fingerprint density at radius 3 is 2.33 bits per heavy atom. The van der Waals surface area contributed by atoms with Gasteiger partial charge in [0, 0.05) is 17.2 Å². The van der Waals surface area contributed by atoms with Crippen LogP contribution in [0.5, 0.6) is 0 Å². The highest BCUT2D eigenvalue weighted by Gasteiger charge is 2.67. The van der Waals surface area contributed by atoms with Crippen molar-refractivity contribution >= 4 is 77.7 Å². The summed E-state index contributed by atoms with van der Waals surface area (Å²) in [5, 5.41) is 15.1. The van der Waals surface area contributed by atoms with Crippen LogP contribution < -0.4 is 10.6 Å². The lowest BCUT2D eigenvalue weighted by molar-refractivity contribution is -0.117. The smallest absolute Gasteiger partial charge is 0.257 e. The molecule has 11 heteroatoms. The van der Waals surface area contributed by atoms with Crippen molar-refractivity contribution in [2.75, 3.05) is 10.6 Å². The number of nitrogens with zero attached hydrogens (tertiary/aromatic N) is 1. The van der Waals surface area contributed by atoms with Crippen LogP contribution in [-0.2, 0) is 4.79 Å². The highest BCUT2D eigenvalue weighted by molar-refractivity contribution is 6.83. The lowest BCUT2D eigenvalue weighted by Gasteiger charge is -2.11. The van der Waals surface area contributed by atoms with E-state index in [0.29, 0.717) is 16.1 Å². The number of nitrogens with one attached hydrogen (secondary N) is 2. The fourth-order valence-corrected chi connectivity index (χ4v) is 5.83. The summed E-state index contributed by atoms with van der Waals surface area (Å²) < 4.78 is 12.1. The molecule has 2 amide bonds. The van der Waals surface area contributed by atoms with Crippen molar-refractivity contribution < 1.29 is 14.0 Å². The van der Waals surface area contributed by atoms with E-state index in [4.69, 9.17) is 46.4 Å². The maximum atomic E-state index is 13.4. The molecule has 0 heterocycles. The third kappa shape index (κ3) is 6.63. The molecule has 4 rings (SSSR count). The number of hydrogen-bond acceptors (Lipinski definition) is 3. The molecular formula is C29H22Cl4FN3O2Si. The molecule has 0 radical (unpaired) electrons. The van der Waals surface area contributed by atoms with Crippen LogP contribution in [0.3, 0.4) is 0 Å². The quantitative estimate of drug-likeness (QED) is 0.170. The van der Waals surface area contributed by atoms with Gasteiger partial charge in [0.25, 0.3) is 5.91 Å². The van der Waals surface area contributed by atoms with Crippen LogP contribution in [0.15, 0.2) is 54.6 Å². The number of halogens is 5. The SMILES string of the molecule is C[Si](C)(C)C#Cc1ccc([C@@H]2[C@@H](C(=O)Nc3ccc(Cl)c(C(=O)Nc4ccc(F)cc4C#N)c3)C2(Cl)Cl)cc1Cl. The Balaban J connectivity index is 1.50. The summed E-state index contributed by atoms with van der Waals surface area (Å²) >= 11 is 25.7. The minimum atomic E-state index is -1.59. The fraction of sp³-hybridized carbons (Fsp3) is 0.207. The molecule has 1 aliphatic carbocycles. The zero-order valence-electron chi connectivity index (χ0n) is 21.5. The Bertz CT molecular complexity index is 1640. The van der Waals surface area contributed by atoms with Gasteiger partial charge in [-0.2, -0.15) is 5.26 Å². The van der Waals surface area contributed by atoms with Gasteiger partial charge >= 0.3 is 0 Å². The van der Waals surface area contributed by atoms with E-state index < -0.39 is 41.9 Å². The van der Waals surface area contributed by atoms with E-state index in [-0.39, 0.29) is 27.5 Å². The molecule has 2 atom stereocenters. The van der Waals surface area contributed by atoms with Crippen molar-refractivity contribution in [3.63, 3.8) is 0 Å². The lowest BCUT2D eigenvalue weighted by atomic mass is 10.1. The van der Waals surface area contributed by atoms with E-state index >= 15 is 0 Å². The molecule has 204 valence electrons. The summed E-state index contributed by atoms with van der Waals surface area (Å²) in [6.07, 6.45) is 0. The van der Waals surface area contributed by atoms with Gasteiger partial charge in [0.15, 0.2) is 0 Å². The number of carbonyl (C=O) groups excluding carboxylic acids is 2. The Morgan fingerprint density at radius 1 is 0.950 bits per heavy atom. The maximum Gasteiger partial charge on any atom is 0.257 e. The third-order valence-corrected chi connectivity index (χ3v) is 8.55. The van der Waals surface area contributed by atoms with Crippen molar-refractivity contribution in [1.82, 2.24) is 0 Å². The van der Waals surface area contributed by atoms with Gasteiger partial charge in [0.1, 0.15) is 24.3 Å². The number of alkyl halides is 2. The van der Waals surface area contributed by atoms with E-state index in [0.717, 1.165) is 12.1 Å². The number of hydrogen-bond donors (Lipinski definition) is 2. The molecule has 0 aromatic heterocycles. The van der Waals surface area contributed by atoms with Gasteiger partial charge < -0.3 is 10.6 Å². The molecule has 1 fully saturated rings. The fourth-order valence-electron chi connectivity index (χ4n) is 4.05. The van der Waals surface area contributed by atoms with Gasteiger partial charge in [0.2, 0.25) is 5.91 Å². The summed E-state index contributed by atoms with van der Waals surface area (Å²) in [5.41, 5.74) is 5.05. The second-order valence-electron chi connectivity index (χ2n) is 10.3. The lowest BCUT2D eigenvalue weighted by Crippen LogP contribution is -2.18. The number of carbonyl (C=O) groups is 2. The topological polar surface area (TPSA) is 82.0 Å². The second-order valence-corrected chi connectivity index (χ2v) is 17.3. The summed E-state index contributed by atoms with van der Waals surface area (Å²) in [6, 6.07) is 14.9. The molecule has 2 N–H and O–H groups in total. The molecular weight excluding hydrogens is 611 g/mol. The first-order valence-electron chi connectivity index (χ1n) is 12.0. The first-order chi connectivity index (χ1) is 18.7. The Hall–Kier alpha value is -3.04. The predicted octanol–water partition coefficient (Wildman–Crippen LogP) is 8.01. The monoisotopic (exact) mass is 631 g/mol. The average Bonchev–Trinajstić information content (AvgIpc) is 3.46. The highest BCUT2D eigenvalue weighted by atomic mass is 35.5. The van der Waals surface area contributed by atoms with Gasteiger partial charge in [-0.3, -0.25) is 9.59 Å². The molecule has 3 aromatic carbocycles. The van der Waals surface area contributed by atoms with Crippen LogP contribution in [0, 0.1) is 34.5 Å². The first-order valence-corrected chi connectivity index (χ1v) is 17.0. The van der Waals surface area contributed by atoms with Crippen molar-refractivity contribution in [3.8, 4) is 17.5 Å². The number of benzene rings is 3. The molecule has 0 bridgehead atoms. The predicted molar refractivity (Wildman–Crippen MR) is 161 cm³/mol. The Kier molecular flexibility index (Phi) is 8.56. The molecule has 0 unspecified atom stereocenters. The normalized spacial score (nSPS) is 17.2. The van der Waals surface area contributed by atoms with Crippen LogP contribution in [0.4, 0.5) is 15.8 Å². The second kappa shape index (κ2) is 11.4. The van der Waals surface area contributed by atoms with E-state index in [1.54, 1.807) is 12.1 Å². The van der Waals surface area contributed by atoms with Crippen molar-refractivity contribution in [1.29, 1.82) is 5.26 Å². The summed E-state index contributed by atoms with van der Waals surface area (Å²) in [5.74, 6) is 0.126. The number of anilines is 2. The zero-order valence-corrected chi connectivity index (χ0v) is 25.5. The first kappa shape index (κ1) is 29.9. The van der Waals surface area contributed by atoms with Crippen molar-refractivity contribution in [3.05, 3.63) is 92.7 Å². The zero-order chi connectivity index (χ0) is 29.4. The molecule has 0 saturated heterocycles. The number of rotatable bonds is 5. The van der Waals surface area contributed by atoms with Crippen LogP contribution in [0.1, 0.15) is 33.0 Å². The van der Waals surface area contributed by atoms with Gasteiger partial charge in [-0.05, 0) is 54.1 Å². The van der Waals surface area contributed by atoms with Gasteiger partial charge in [0.05, 0.1) is 32.8 Å². The Morgan fingerprint density at radius 2 is 1.68 bits per heavy atom. The molecule has 1 aliphatic rings. The van der Waals surface area contributed by atoms with Crippen LogP contribution in [0.25, 0.3) is 0 Å². The number of nitriles is 1. The van der Waals surface area contributed by atoms with Crippen molar-refractivity contribution in [2.24, 2.45) is 5.92 Å². The standard InChI is InChI=1S/C29H22Cl4FN3O2Si/c1-40(2,3)11-10-16-4-5-17(13-23(16)31)25-26(29(25,32)33)28(39)36-20-7-8-22(30)21(14-20)27(38)37-24-9-6-19(34)12-18(24)15-35/h4-9,12-14,25-26H,1-3H3,(H,36,39)(H,37,38)/t25-,26+/m1/s1. The molecule has 40 heavy (non-hydrogen) atoms. The molecule has 0 spiro atoms. The molecule has 5 nitrogen and oxygen atoms in total. The van der Waals surface area contributed by atoms with Crippen LogP contribution >= 0.6 is 46.4 Å². The molecule has 1 saturated carbocycles. The van der Waals surface area contributed by atoms with E-state index in [2.05, 4.69) is 41.7 Å². The Labute approximate surface area is 252 Å². The van der Waals surface area contributed by atoms with E-state index in [1.165, 1.54) is 24.3 Å². The van der Waals surface area contributed by atoms with E-state index in [1.807, 2.05) is 12.1 Å². The van der Waals surface area contributed by atoms with E-state index in [9.17, 15) is 19.2 Å². The van der Waals surface area contributed by atoms with Gasteiger partial charge in [-0.25, -0.2) is 4.39 Å².